The molecule has 0 N–H and O–H groups in total. The zero-order valence-corrected chi connectivity index (χ0v) is 30.3. The fourth-order valence-electron chi connectivity index (χ4n) is 8.20. The molecule has 0 heterocycles. The Balaban J connectivity index is 1.23. The number of hydrogen-bond donors (Lipinski definition) is 0. The van der Waals surface area contributed by atoms with Crippen molar-refractivity contribution in [2.24, 2.45) is 0 Å². The number of rotatable bonds is 6. The summed E-state index contributed by atoms with van der Waals surface area (Å²) >= 11 is 0. The van der Waals surface area contributed by atoms with Crippen molar-refractivity contribution in [3.8, 4) is 77.9 Å². The molecule has 0 unspecified atom stereocenters. The van der Waals surface area contributed by atoms with Crippen LogP contribution in [0.1, 0.15) is 0 Å². The molecule has 9 aromatic carbocycles. The van der Waals surface area contributed by atoms with Gasteiger partial charge in [-0.05, 0) is 120 Å². The summed E-state index contributed by atoms with van der Waals surface area (Å²) in [5, 5.41) is 0. The van der Waals surface area contributed by atoms with Crippen LogP contribution in [0, 0.1) is 0 Å². The lowest BCUT2D eigenvalue weighted by Gasteiger charge is -2.29. The third-order valence-electron chi connectivity index (χ3n) is 10.8. The van der Waals surface area contributed by atoms with Crippen LogP contribution in [-0.2, 0) is 0 Å². The van der Waals surface area contributed by atoms with Crippen molar-refractivity contribution >= 4 is 17.1 Å². The molecule has 1 nitrogen and oxygen atoms in total. The lowest BCUT2D eigenvalue weighted by molar-refractivity contribution is 1.28. The van der Waals surface area contributed by atoms with Crippen LogP contribution in [0.25, 0.3) is 77.9 Å². The van der Waals surface area contributed by atoms with Gasteiger partial charge >= 0.3 is 0 Å². The van der Waals surface area contributed by atoms with Gasteiger partial charge in [0.05, 0.1) is 0 Å². The van der Waals surface area contributed by atoms with Crippen LogP contribution in [0.15, 0.2) is 224 Å². The number of benzene rings is 9. The zero-order chi connectivity index (χ0) is 36.6. The summed E-state index contributed by atoms with van der Waals surface area (Å²) in [6.45, 7) is 0. The summed E-state index contributed by atoms with van der Waals surface area (Å²) in [5.41, 5.74) is 20.3. The number of fused-ring (bicyclic) bond motifs is 8. The van der Waals surface area contributed by atoms with Crippen LogP contribution < -0.4 is 4.90 Å². The summed E-state index contributed by atoms with van der Waals surface area (Å²) in [6.07, 6.45) is 0. The second-order valence-electron chi connectivity index (χ2n) is 14.1. The first-order valence-electron chi connectivity index (χ1n) is 18.9. The molecule has 0 aromatic heterocycles. The molecule has 1 heteroatoms. The van der Waals surface area contributed by atoms with Gasteiger partial charge in [0.1, 0.15) is 0 Å². The standard InChI is InChI=1S/C54H37N/c1-4-16-38(17-5-1)41-28-30-44(31-29-41)55(46-35-42(39-18-6-2-7-19-39)34-43(36-46)40-20-8-3-9-21-40)45-32-33-53-51-26-13-12-24-49(51)47-22-10-11-23-48(47)50-25-14-15-27-52(50)54(53)37-45/h1-37H. The van der Waals surface area contributed by atoms with E-state index in [0.717, 1.165) is 17.1 Å². The minimum Gasteiger partial charge on any atom is -0.310 e. The largest absolute Gasteiger partial charge is 0.310 e. The Morgan fingerprint density at radius 3 is 0.945 bits per heavy atom. The van der Waals surface area contributed by atoms with Gasteiger partial charge in [-0.15, -0.1) is 0 Å². The van der Waals surface area contributed by atoms with Crippen LogP contribution in [0.3, 0.4) is 0 Å². The molecule has 1 aliphatic rings. The highest BCUT2D eigenvalue weighted by Crippen LogP contribution is 2.50. The van der Waals surface area contributed by atoms with Gasteiger partial charge < -0.3 is 4.90 Å². The highest BCUT2D eigenvalue weighted by atomic mass is 15.1. The van der Waals surface area contributed by atoms with Crippen molar-refractivity contribution in [2.75, 3.05) is 4.90 Å². The molecule has 0 aliphatic heterocycles. The fourth-order valence-corrected chi connectivity index (χ4v) is 8.20. The van der Waals surface area contributed by atoms with Crippen LogP contribution in [0.4, 0.5) is 17.1 Å². The average Bonchev–Trinajstić information content (AvgIpc) is 3.27. The van der Waals surface area contributed by atoms with Crippen molar-refractivity contribution in [3.05, 3.63) is 224 Å². The Hall–Kier alpha value is -7.22. The monoisotopic (exact) mass is 699 g/mol. The number of hydrogen-bond acceptors (Lipinski definition) is 1. The predicted molar refractivity (Wildman–Crippen MR) is 233 cm³/mol. The predicted octanol–water partition coefficient (Wildman–Crippen LogP) is 15.1. The minimum atomic E-state index is 1.09. The smallest absolute Gasteiger partial charge is 0.0473 e. The van der Waals surface area contributed by atoms with Crippen LogP contribution >= 0.6 is 0 Å². The zero-order valence-electron chi connectivity index (χ0n) is 30.3. The molecular weight excluding hydrogens is 663 g/mol. The molecule has 0 bridgehead atoms. The third kappa shape index (κ3) is 6.02. The number of nitrogens with zero attached hydrogens (tertiary/aromatic N) is 1. The van der Waals surface area contributed by atoms with Crippen molar-refractivity contribution in [2.45, 2.75) is 0 Å². The van der Waals surface area contributed by atoms with Crippen LogP contribution in [-0.4, -0.2) is 0 Å². The second kappa shape index (κ2) is 14.0. The van der Waals surface area contributed by atoms with E-state index in [1.54, 1.807) is 0 Å². The first kappa shape index (κ1) is 32.4. The lowest BCUT2D eigenvalue weighted by atomic mass is 9.81. The SMILES string of the molecule is c1ccc(-c2ccc(N(c3cc(-c4ccccc4)cc(-c4ccccc4)c3)c3ccc4c(c3)-c3ccccc3-c3ccccc3-c3ccccc3-4)cc2)cc1. The van der Waals surface area contributed by atoms with E-state index in [9.17, 15) is 0 Å². The van der Waals surface area contributed by atoms with E-state index in [4.69, 9.17) is 0 Å². The Kier molecular flexibility index (Phi) is 8.24. The molecule has 0 atom stereocenters. The Labute approximate surface area is 323 Å². The molecule has 0 saturated carbocycles. The molecule has 0 amide bonds. The van der Waals surface area contributed by atoms with E-state index < -0.39 is 0 Å². The summed E-state index contributed by atoms with van der Waals surface area (Å²) in [4.78, 5) is 2.43. The van der Waals surface area contributed by atoms with Crippen molar-refractivity contribution in [1.82, 2.24) is 0 Å². The van der Waals surface area contributed by atoms with E-state index in [-0.39, 0.29) is 0 Å². The van der Waals surface area contributed by atoms with Gasteiger partial charge in [-0.25, -0.2) is 0 Å². The summed E-state index contributed by atoms with van der Waals surface area (Å²) in [6, 6.07) is 81.6. The average molecular weight is 700 g/mol. The molecular formula is C54H37N. The Bertz CT molecular complexity index is 2720. The molecule has 55 heavy (non-hydrogen) atoms. The molecule has 0 radical (unpaired) electrons. The van der Waals surface area contributed by atoms with Gasteiger partial charge in [-0.2, -0.15) is 0 Å². The molecule has 9 aromatic rings. The normalized spacial score (nSPS) is 11.3. The summed E-state index contributed by atoms with van der Waals surface area (Å²) in [5.74, 6) is 0. The first-order chi connectivity index (χ1) is 27.3. The van der Waals surface area contributed by atoms with Crippen LogP contribution in [0.2, 0.25) is 0 Å². The highest BCUT2D eigenvalue weighted by molar-refractivity contribution is 6.04. The molecule has 258 valence electrons. The van der Waals surface area contributed by atoms with Crippen LogP contribution in [0.5, 0.6) is 0 Å². The molecule has 1 aliphatic carbocycles. The fraction of sp³-hybridized carbons (Fsp3) is 0. The minimum absolute atomic E-state index is 1.09. The van der Waals surface area contributed by atoms with E-state index in [0.29, 0.717) is 0 Å². The molecule has 0 fully saturated rings. The maximum Gasteiger partial charge on any atom is 0.0473 e. The Morgan fingerprint density at radius 1 is 0.182 bits per heavy atom. The van der Waals surface area contributed by atoms with Crippen molar-refractivity contribution in [1.29, 1.82) is 0 Å². The molecule has 0 saturated heterocycles. The maximum atomic E-state index is 2.43. The number of anilines is 3. The van der Waals surface area contributed by atoms with Gasteiger partial charge in [-0.3, -0.25) is 0 Å². The maximum absolute atomic E-state index is 2.43. The van der Waals surface area contributed by atoms with Crippen molar-refractivity contribution in [3.63, 3.8) is 0 Å². The van der Waals surface area contributed by atoms with Gasteiger partial charge in [0.2, 0.25) is 0 Å². The topological polar surface area (TPSA) is 3.24 Å². The Morgan fingerprint density at radius 2 is 0.509 bits per heavy atom. The van der Waals surface area contributed by atoms with E-state index in [1.807, 2.05) is 0 Å². The van der Waals surface area contributed by atoms with Gasteiger partial charge in [-0.1, -0.05) is 182 Å². The van der Waals surface area contributed by atoms with E-state index >= 15 is 0 Å². The highest BCUT2D eigenvalue weighted by Gasteiger charge is 2.24. The second-order valence-corrected chi connectivity index (χ2v) is 14.1. The quantitative estimate of drug-likeness (QED) is 0.167. The first-order valence-corrected chi connectivity index (χ1v) is 18.9. The van der Waals surface area contributed by atoms with E-state index in [2.05, 4.69) is 229 Å². The summed E-state index contributed by atoms with van der Waals surface area (Å²) in [7, 11) is 0. The van der Waals surface area contributed by atoms with Gasteiger partial charge in [0.25, 0.3) is 0 Å². The van der Waals surface area contributed by atoms with Crippen molar-refractivity contribution < 1.29 is 0 Å². The van der Waals surface area contributed by atoms with E-state index in [1.165, 1.54) is 77.9 Å². The molecule has 10 rings (SSSR count). The third-order valence-corrected chi connectivity index (χ3v) is 10.8. The lowest BCUT2D eigenvalue weighted by Crippen LogP contribution is -2.11. The molecule has 0 spiro atoms. The van der Waals surface area contributed by atoms with Gasteiger partial charge in [0.15, 0.2) is 0 Å². The summed E-state index contributed by atoms with van der Waals surface area (Å²) < 4.78 is 0. The van der Waals surface area contributed by atoms with Gasteiger partial charge in [0, 0.05) is 17.1 Å².